The number of unbranched alkanes of at least 4 members (excludes halogenated alkanes) is 5. The standard InChI is InChI=1S/C16H28N2O2S/c1-4-5-6-7-8-9-10-18-16-12-15(21(17,19)20)11-13(2)14(16)3/h11-12,18H,4-10H2,1-3H3,(H2,17,19,20). The third-order valence-electron chi connectivity index (χ3n) is 3.82. The van der Waals surface area contributed by atoms with Crippen LogP contribution in [0, 0.1) is 13.8 Å². The highest BCUT2D eigenvalue weighted by atomic mass is 32.2. The molecule has 0 aliphatic heterocycles. The minimum absolute atomic E-state index is 0.177. The summed E-state index contributed by atoms with van der Waals surface area (Å²) >= 11 is 0. The van der Waals surface area contributed by atoms with Crippen LogP contribution < -0.4 is 10.5 Å². The second-order valence-corrected chi connectivity index (χ2v) is 7.21. The number of primary sulfonamides is 1. The van der Waals surface area contributed by atoms with Gasteiger partial charge in [-0.05, 0) is 43.5 Å². The van der Waals surface area contributed by atoms with Gasteiger partial charge in [0.05, 0.1) is 4.90 Å². The molecule has 21 heavy (non-hydrogen) atoms. The number of nitrogens with two attached hydrogens (primary N) is 1. The molecule has 0 amide bonds. The van der Waals surface area contributed by atoms with Gasteiger partial charge < -0.3 is 5.32 Å². The van der Waals surface area contributed by atoms with E-state index in [1.54, 1.807) is 12.1 Å². The SMILES string of the molecule is CCCCCCCCNc1cc(S(N)(=O)=O)cc(C)c1C. The lowest BCUT2D eigenvalue weighted by molar-refractivity contribution is 0.597. The second-order valence-electron chi connectivity index (χ2n) is 5.65. The maximum atomic E-state index is 11.5. The average molecular weight is 312 g/mol. The van der Waals surface area contributed by atoms with Crippen LogP contribution in [0.5, 0.6) is 0 Å². The zero-order valence-electron chi connectivity index (χ0n) is 13.4. The highest BCUT2D eigenvalue weighted by Gasteiger charge is 2.12. The molecule has 0 spiro atoms. The summed E-state index contributed by atoms with van der Waals surface area (Å²) in [5, 5.41) is 8.55. The zero-order chi connectivity index (χ0) is 15.9. The van der Waals surface area contributed by atoms with Gasteiger partial charge in [-0.2, -0.15) is 0 Å². The van der Waals surface area contributed by atoms with Gasteiger partial charge in [0.25, 0.3) is 0 Å². The lowest BCUT2D eigenvalue weighted by Crippen LogP contribution is -2.14. The minimum atomic E-state index is -3.65. The van der Waals surface area contributed by atoms with E-state index < -0.39 is 10.0 Å². The Morgan fingerprint density at radius 3 is 2.29 bits per heavy atom. The molecule has 0 aliphatic rings. The molecule has 120 valence electrons. The van der Waals surface area contributed by atoms with Gasteiger partial charge in [-0.25, -0.2) is 13.6 Å². The van der Waals surface area contributed by atoms with Crippen molar-refractivity contribution in [2.24, 2.45) is 5.14 Å². The maximum absolute atomic E-state index is 11.5. The third kappa shape index (κ3) is 6.06. The van der Waals surface area contributed by atoms with Crippen molar-refractivity contribution >= 4 is 15.7 Å². The van der Waals surface area contributed by atoms with Crippen LogP contribution in [0.15, 0.2) is 17.0 Å². The first-order valence-electron chi connectivity index (χ1n) is 7.74. The van der Waals surface area contributed by atoms with Crippen molar-refractivity contribution in [1.82, 2.24) is 0 Å². The monoisotopic (exact) mass is 312 g/mol. The van der Waals surface area contributed by atoms with Crippen LogP contribution in [0.4, 0.5) is 5.69 Å². The number of benzene rings is 1. The van der Waals surface area contributed by atoms with Crippen molar-refractivity contribution in [3.05, 3.63) is 23.3 Å². The molecule has 0 fully saturated rings. The van der Waals surface area contributed by atoms with Gasteiger partial charge in [-0.15, -0.1) is 0 Å². The molecule has 1 aromatic carbocycles. The quantitative estimate of drug-likeness (QED) is 0.683. The van der Waals surface area contributed by atoms with Crippen LogP contribution in [-0.2, 0) is 10.0 Å². The van der Waals surface area contributed by atoms with E-state index >= 15 is 0 Å². The summed E-state index contributed by atoms with van der Waals surface area (Å²) in [6.45, 7) is 6.97. The molecule has 1 aromatic rings. The third-order valence-corrected chi connectivity index (χ3v) is 4.71. The number of hydrogen-bond acceptors (Lipinski definition) is 3. The van der Waals surface area contributed by atoms with Crippen molar-refractivity contribution in [3.8, 4) is 0 Å². The van der Waals surface area contributed by atoms with Crippen LogP contribution >= 0.6 is 0 Å². The van der Waals surface area contributed by atoms with E-state index in [0.717, 1.165) is 29.8 Å². The van der Waals surface area contributed by atoms with Crippen molar-refractivity contribution < 1.29 is 8.42 Å². The fourth-order valence-corrected chi connectivity index (χ4v) is 2.93. The molecule has 0 aliphatic carbocycles. The predicted molar refractivity (Wildman–Crippen MR) is 89.2 cm³/mol. The lowest BCUT2D eigenvalue weighted by atomic mass is 10.1. The zero-order valence-corrected chi connectivity index (χ0v) is 14.2. The summed E-state index contributed by atoms with van der Waals surface area (Å²) < 4.78 is 23.0. The van der Waals surface area contributed by atoms with Gasteiger partial charge in [0.1, 0.15) is 0 Å². The van der Waals surface area contributed by atoms with Gasteiger partial charge in [0.2, 0.25) is 10.0 Å². The Morgan fingerprint density at radius 2 is 1.67 bits per heavy atom. The van der Waals surface area contributed by atoms with E-state index in [0.29, 0.717) is 0 Å². The van der Waals surface area contributed by atoms with E-state index in [1.807, 2.05) is 13.8 Å². The molecule has 0 heterocycles. The largest absolute Gasteiger partial charge is 0.385 e. The molecule has 1 rings (SSSR count). The fourth-order valence-electron chi connectivity index (χ4n) is 2.30. The molecular formula is C16H28N2O2S. The van der Waals surface area contributed by atoms with Crippen molar-refractivity contribution in [2.75, 3.05) is 11.9 Å². The highest BCUT2D eigenvalue weighted by Crippen LogP contribution is 2.23. The summed E-state index contributed by atoms with van der Waals surface area (Å²) in [4.78, 5) is 0.177. The fraction of sp³-hybridized carbons (Fsp3) is 0.625. The van der Waals surface area contributed by atoms with Crippen LogP contribution in [0.3, 0.4) is 0 Å². The summed E-state index contributed by atoms with van der Waals surface area (Å²) in [6, 6.07) is 3.26. The molecule has 0 radical (unpaired) electrons. The van der Waals surface area contributed by atoms with E-state index in [1.165, 1.54) is 32.1 Å². The average Bonchev–Trinajstić information content (AvgIpc) is 2.41. The molecule has 3 N–H and O–H groups in total. The van der Waals surface area contributed by atoms with Gasteiger partial charge in [0.15, 0.2) is 0 Å². The molecule has 0 bridgehead atoms. The van der Waals surface area contributed by atoms with Gasteiger partial charge in [0, 0.05) is 12.2 Å². The molecule has 0 saturated heterocycles. The van der Waals surface area contributed by atoms with Gasteiger partial charge in [-0.3, -0.25) is 0 Å². The Labute approximate surface area is 129 Å². The summed E-state index contributed by atoms with van der Waals surface area (Å²) in [5.74, 6) is 0. The second kappa shape index (κ2) is 8.39. The normalized spacial score (nSPS) is 11.6. The molecular weight excluding hydrogens is 284 g/mol. The number of aryl methyl sites for hydroxylation is 1. The maximum Gasteiger partial charge on any atom is 0.238 e. The molecule has 0 saturated carbocycles. The Balaban J connectivity index is 2.57. The lowest BCUT2D eigenvalue weighted by Gasteiger charge is -2.13. The van der Waals surface area contributed by atoms with Crippen molar-refractivity contribution in [3.63, 3.8) is 0 Å². The van der Waals surface area contributed by atoms with Crippen LogP contribution in [0.2, 0.25) is 0 Å². The van der Waals surface area contributed by atoms with E-state index in [2.05, 4.69) is 12.2 Å². The molecule has 4 nitrogen and oxygen atoms in total. The topological polar surface area (TPSA) is 72.2 Å². The van der Waals surface area contributed by atoms with E-state index in [4.69, 9.17) is 5.14 Å². The first-order valence-corrected chi connectivity index (χ1v) is 9.28. The Hall–Kier alpha value is -1.07. The number of sulfonamides is 1. The van der Waals surface area contributed by atoms with Crippen LogP contribution in [-0.4, -0.2) is 15.0 Å². The number of anilines is 1. The first-order chi connectivity index (χ1) is 9.86. The number of rotatable bonds is 9. The van der Waals surface area contributed by atoms with E-state index in [9.17, 15) is 8.42 Å². The minimum Gasteiger partial charge on any atom is -0.385 e. The summed E-state index contributed by atoms with van der Waals surface area (Å²) in [6.07, 6.45) is 7.45. The predicted octanol–water partition coefficient (Wildman–Crippen LogP) is 3.72. The Bertz CT molecular complexity index is 554. The Morgan fingerprint density at radius 1 is 1.05 bits per heavy atom. The number of nitrogens with one attached hydrogen (secondary N) is 1. The highest BCUT2D eigenvalue weighted by molar-refractivity contribution is 7.89. The van der Waals surface area contributed by atoms with Gasteiger partial charge in [-0.1, -0.05) is 39.0 Å². The summed E-state index contributed by atoms with van der Waals surface area (Å²) in [7, 11) is -3.65. The van der Waals surface area contributed by atoms with Crippen molar-refractivity contribution in [2.45, 2.75) is 64.2 Å². The molecule has 5 heteroatoms. The van der Waals surface area contributed by atoms with Gasteiger partial charge >= 0.3 is 0 Å². The van der Waals surface area contributed by atoms with Crippen LogP contribution in [0.1, 0.15) is 56.6 Å². The molecule has 0 atom stereocenters. The molecule has 0 unspecified atom stereocenters. The summed E-state index contributed by atoms with van der Waals surface area (Å²) in [5.41, 5.74) is 2.88. The first kappa shape index (κ1) is 18.0. The smallest absolute Gasteiger partial charge is 0.238 e. The Kier molecular flexibility index (Phi) is 7.18. The van der Waals surface area contributed by atoms with E-state index in [-0.39, 0.29) is 4.90 Å². The van der Waals surface area contributed by atoms with Crippen molar-refractivity contribution in [1.29, 1.82) is 0 Å². The van der Waals surface area contributed by atoms with Crippen LogP contribution in [0.25, 0.3) is 0 Å². The molecule has 0 aromatic heterocycles. The number of hydrogen-bond donors (Lipinski definition) is 2.